The van der Waals surface area contributed by atoms with Crippen molar-refractivity contribution in [2.24, 2.45) is 5.10 Å². The van der Waals surface area contributed by atoms with Crippen LogP contribution in [0.15, 0.2) is 77.9 Å². The molecule has 32 heavy (non-hydrogen) atoms. The van der Waals surface area contributed by atoms with E-state index in [1.54, 1.807) is 55.6 Å². The lowest BCUT2D eigenvalue weighted by Crippen LogP contribution is -2.24. The first-order valence-electron chi connectivity index (χ1n) is 10.1. The van der Waals surface area contributed by atoms with Gasteiger partial charge < -0.3 is 14.2 Å². The molecule has 0 atom stereocenters. The van der Waals surface area contributed by atoms with Crippen molar-refractivity contribution < 1.29 is 23.8 Å². The molecule has 1 N–H and O–H groups in total. The van der Waals surface area contributed by atoms with Gasteiger partial charge in [0.2, 0.25) is 0 Å². The van der Waals surface area contributed by atoms with Gasteiger partial charge in [-0.05, 0) is 66.1 Å². The smallest absolute Gasteiger partial charge is 0.343 e. The number of esters is 1. The highest BCUT2D eigenvalue weighted by molar-refractivity contribution is 5.91. The lowest BCUT2D eigenvalue weighted by molar-refractivity contribution is -0.123. The summed E-state index contributed by atoms with van der Waals surface area (Å²) in [6.45, 7) is 1.92. The number of ether oxygens (including phenoxy) is 3. The van der Waals surface area contributed by atoms with E-state index >= 15 is 0 Å². The zero-order valence-electron chi connectivity index (χ0n) is 17.9. The Morgan fingerprint density at radius 3 is 2.34 bits per heavy atom. The second-order valence-corrected chi connectivity index (χ2v) is 6.77. The SMILES string of the molecule is CCc1ccc(OCC(=O)N/N=C\c2cccc(OC(=O)c3ccc(OC)cc3)c2)cc1. The summed E-state index contributed by atoms with van der Waals surface area (Å²) >= 11 is 0. The number of hydrazone groups is 1. The van der Waals surface area contributed by atoms with Crippen LogP contribution in [0, 0.1) is 0 Å². The van der Waals surface area contributed by atoms with E-state index in [4.69, 9.17) is 14.2 Å². The zero-order chi connectivity index (χ0) is 22.8. The van der Waals surface area contributed by atoms with Gasteiger partial charge in [-0.3, -0.25) is 4.79 Å². The molecule has 0 saturated carbocycles. The van der Waals surface area contributed by atoms with Crippen LogP contribution in [0.3, 0.4) is 0 Å². The lowest BCUT2D eigenvalue weighted by Gasteiger charge is -2.06. The number of carbonyl (C=O) groups excluding carboxylic acids is 2. The molecule has 0 aromatic heterocycles. The Balaban J connectivity index is 1.49. The molecule has 0 bridgehead atoms. The first-order valence-corrected chi connectivity index (χ1v) is 10.1. The number of nitrogens with one attached hydrogen (secondary N) is 1. The van der Waals surface area contributed by atoms with Gasteiger partial charge in [0, 0.05) is 0 Å². The summed E-state index contributed by atoms with van der Waals surface area (Å²) < 4.78 is 15.9. The molecule has 0 spiro atoms. The Hall–Kier alpha value is -4.13. The van der Waals surface area contributed by atoms with Crippen LogP contribution in [0.1, 0.15) is 28.4 Å². The van der Waals surface area contributed by atoms with Crippen LogP contribution >= 0.6 is 0 Å². The summed E-state index contributed by atoms with van der Waals surface area (Å²) in [6, 6.07) is 21.0. The number of benzene rings is 3. The molecule has 164 valence electrons. The van der Waals surface area contributed by atoms with Gasteiger partial charge in [-0.1, -0.05) is 31.2 Å². The second kappa shape index (κ2) is 11.3. The predicted octanol–water partition coefficient (Wildman–Crippen LogP) is 4.01. The molecule has 1 amide bonds. The largest absolute Gasteiger partial charge is 0.497 e. The molecule has 0 fully saturated rings. The van der Waals surface area contributed by atoms with Crippen molar-refractivity contribution in [2.45, 2.75) is 13.3 Å². The van der Waals surface area contributed by atoms with Crippen molar-refractivity contribution in [3.63, 3.8) is 0 Å². The molecule has 0 radical (unpaired) electrons. The van der Waals surface area contributed by atoms with Gasteiger partial charge in [0.25, 0.3) is 5.91 Å². The number of carbonyl (C=O) groups is 2. The molecule has 3 rings (SSSR count). The fourth-order valence-electron chi connectivity index (χ4n) is 2.73. The number of amides is 1. The molecule has 0 saturated heterocycles. The molecule has 0 aliphatic heterocycles. The van der Waals surface area contributed by atoms with Gasteiger partial charge in [-0.15, -0.1) is 0 Å². The standard InChI is InChI=1S/C25H24N2O5/c1-3-18-7-11-22(12-8-18)31-17-24(28)27-26-16-19-5-4-6-23(15-19)32-25(29)20-9-13-21(30-2)14-10-20/h4-16H,3,17H2,1-2H3,(H,27,28)/b26-16-. The maximum atomic E-state index is 12.3. The quantitative estimate of drug-likeness (QED) is 0.239. The van der Waals surface area contributed by atoms with Crippen molar-refractivity contribution in [2.75, 3.05) is 13.7 Å². The van der Waals surface area contributed by atoms with Crippen LogP contribution in [0.4, 0.5) is 0 Å². The van der Waals surface area contributed by atoms with Crippen LogP contribution in [0.5, 0.6) is 17.2 Å². The maximum Gasteiger partial charge on any atom is 0.343 e. The van der Waals surface area contributed by atoms with Crippen molar-refractivity contribution in [3.05, 3.63) is 89.5 Å². The molecule has 7 nitrogen and oxygen atoms in total. The van der Waals surface area contributed by atoms with E-state index in [0.717, 1.165) is 6.42 Å². The normalized spacial score (nSPS) is 10.6. The van der Waals surface area contributed by atoms with Crippen molar-refractivity contribution >= 4 is 18.1 Å². The van der Waals surface area contributed by atoms with Crippen molar-refractivity contribution in [1.29, 1.82) is 0 Å². The summed E-state index contributed by atoms with van der Waals surface area (Å²) in [7, 11) is 1.56. The van der Waals surface area contributed by atoms with Crippen LogP contribution in [-0.4, -0.2) is 31.8 Å². The number of methoxy groups -OCH3 is 1. The van der Waals surface area contributed by atoms with E-state index in [1.807, 2.05) is 24.3 Å². The number of hydrogen-bond donors (Lipinski definition) is 1. The topological polar surface area (TPSA) is 86.2 Å². The van der Waals surface area contributed by atoms with Gasteiger partial charge in [-0.25, -0.2) is 10.2 Å². The molecular formula is C25H24N2O5. The Morgan fingerprint density at radius 1 is 0.938 bits per heavy atom. The summed E-state index contributed by atoms with van der Waals surface area (Å²) in [6.07, 6.45) is 2.40. The van der Waals surface area contributed by atoms with E-state index in [9.17, 15) is 9.59 Å². The lowest BCUT2D eigenvalue weighted by atomic mass is 10.2. The fourth-order valence-corrected chi connectivity index (χ4v) is 2.73. The molecule has 3 aromatic rings. The first-order chi connectivity index (χ1) is 15.6. The van der Waals surface area contributed by atoms with Gasteiger partial charge in [0.1, 0.15) is 17.2 Å². The minimum absolute atomic E-state index is 0.150. The highest BCUT2D eigenvalue weighted by Crippen LogP contribution is 2.17. The third-order valence-corrected chi connectivity index (χ3v) is 4.50. The van der Waals surface area contributed by atoms with Gasteiger partial charge in [-0.2, -0.15) is 5.10 Å². The Kier molecular flexibility index (Phi) is 7.97. The summed E-state index contributed by atoms with van der Waals surface area (Å²) in [5, 5.41) is 3.92. The Bertz CT molecular complexity index is 1080. The van der Waals surface area contributed by atoms with E-state index in [2.05, 4.69) is 17.5 Å². The Labute approximate surface area is 186 Å². The second-order valence-electron chi connectivity index (χ2n) is 6.77. The van der Waals surface area contributed by atoms with Crippen LogP contribution < -0.4 is 19.6 Å². The third-order valence-electron chi connectivity index (χ3n) is 4.50. The molecule has 0 heterocycles. The summed E-state index contributed by atoms with van der Waals surface area (Å²) in [4.78, 5) is 24.2. The molecule has 0 aliphatic carbocycles. The summed E-state index contributed by atoms with van der Waals surface area (Å²) in [5.41, 5.74) is 4.66. The van der Waals surface area contributed by atoms with Gasteiger partial charge >= 0.3 is 5.97 Å². The Morgan fingerprint density at radius 2 is 1.66 bits per heavy atom. The molecular weight excluding hydrogens is 408 g/mol. The van der Waals surface area contributed by atoms with Crippen molar-refractivity contribution in [1.82, 2.24) is 5.43 Å². The number of hydrogen-bond acceptors (Lipinski definition) is 6. The van der Waals surface area contributed by atoms with E-state index < -0.39 is 5.97 Å². The number of rotatable bonds is 9. The molecule has 0 unspecified atom stereocenters. The van der Waals surface area contributed by atoms with Crippen molar-refractivity contribution in [3.8, 4) is 17.2 Å². The molecule has 7 heteroatoms. The first kappa shape index (κ1) is 22.6. The minimum Gasteiger partial charge on any atom is -0.497 e. The maximum absolute atomic E-state index is 12.3. The average Bonchev–Trinajstić information content (AvgIpc) is 2.83. The van der Waals surface area contributed by atoms with E-state index in [-0.39, 0.29) is 12.5 Å². The van der Waals surface area contributed by atoms with E-state index in [0.29, 0.717) is 28.4 Å². The number of nitrogens with zero attached hydrogens (tertiary/aromatic N) is 1. The average molecular weight is 432 g/mol. The predicted molar refractivity (Wildman–Crippen MR) is 121 cm³/mol. The minimum atomic E-state index is -0.487. The third kappa shape index (κ3) is 6.70. The molecule has 0 aliphatic rings. The number of aryl methyl sites for hydroxylation is 1. The zero-order valence-corrected chi connectivity index (χ0v) is 17.9. The monoisotopic (exact) mass is 432 g/mol. The highest BCUT2D eigenvalue weighted by atomic mass is 16.5. The van der Waals surface area contributed by atoms with E-state index in [1.165, 1.54) is 11.8 Å². The van der Waals surface area contributed by atoms with Crippen LogP contribution in [-0.2, 0) is 11.2 Å². The van der Waals surface area contributed by atoms with Gasteiger partial charge in [0.15, 0.2) is 6.61 Å². The highest BCUT2D eigenvalue weighted by Gasteiger charge is 2.09. The van der Waals surface area contributed by atoms with Crippen LogP contribution in [0.25, 0.3) is 0 Å². The fraction of sp³-hybridized carbons (Fsp3) is 0.160. The van der Waals surface area contributed by atoms with Crippen LogP contribution in [0.2, 0.25) is 0 Å². The summed E-state index contributed by atoms with van der Waals surface area (Å²) in [5.74, 6) is 0.760. The van der Waals surface area contributed by atoms with Gasteiger partial charge in [0.05, 0.1) is 18.9 Å². The molecule has 3 aromatic carbocycles.